The van der Waals surface area contributed by atoms with E-state index >= 15 is 0 Å². The molecular formula is C14H15F5O2. The second-order valence-corrected chi connectivity index (χ2v) is 5.40. The van der Waals surface area contributed by atoms with Crippen LogP contribution in [0.3, 0.4) is 0 Å². The summed E-state index contributed by atoms with van der Waals surface area (Å²) in [5.74, 6) is -11.5. The third-order valence-electron chi connectivity index (χ3n) is 3.20. The summed E-state index contributed by atoms with van der Waals surface area (Å²) in [4.78, 5) is 11.5. The van der Waals surface area contributed by atoms with Crippen molar-refractivity contribution in [3.8, 4) is 0 Å². The van der Waals surface area contributed by atoms with Gasteiger partial charge in [0.15, 0.2) is 23.3 Å². The van der Waals surface area contributed by atoms with Crippen LogP contribution in [0.4, 0.5) is 22.0 Å². The van der Waals surface area contributed by atoms with Crippen LogP contribution in [-0.4, -0.2) is 12.6 Å². The van der Waals surface area contributed by atoms with E-state index in [1.54, 1.807) is 13.8 Å². The van der Waals surface area contributed by atoms with Crippen LogP contribution in [0.1, 0.15) is 32.8 Å². The van der Waals surface area contributed by atoms with Crippen LogP contribution in [0.25, 0.3) is 0 Å². The summed E-state index contributed by atoms with van der Waals surface area (Å²) in [5, 5.41) is 0. The minimum Gasteiger partial charge on any atom is -0.465 e. The number of carbonyl (C=O) groups is 1. The minimum absolute atomic E-state index is 0.0161. The van der Waals surface area contributed by atoms with Crippen LogP contribution in [0.2, 0.25) is 0 Å². The molecule has 0 saturated carbocycles. The molecule has 1 aromatic rings. The number of esters is 1. The summed E-state index contributed by atoms with van der Waals surface area (Å²) < 4.78 is 70.3. The van der Waals surface area contributed by atoms with Crippen molar-refractivity contribution in [2.75, 3.05) is 6.61 Å². The van der Waals surface area contributed by atoms with E-state index < -0.39 is 47.0 Å². The van der Waals surface area contributed by atoms with Crippen LogP contribution in [0.5, 0.6) is 0 Å². The first-order valence-electron chi connectivity index (χ1n) is 6.26. The number of carbonyl (C=O) groups excluding carboxylic acids is 1. The molecule has 0 aromatic heterocycles. The van der Waals surface area contributed by atoms with Crippen molar-refractivity contribution >= 4 is 5.97 Å². The maximum atomic E-state index is 13.4. The zero-order valence-electron chi connectivity index (χ0n) is 11.8. The fourth-order valence-electron chi connectivity index (χ4n) is 1.38. The molecule has 0 amide bonds. The van der Waals surface area contributed by atoms with Gasteiger partial charge in [0, 0.05) is 5.56 Å². The maximum Gasteiger partial charge on any atom is 0.310 e. The van der Waals surface area contributed by atoms with Gasteiger partial charge in [0.25, 0.3) is 0 Å². The molecule has 0 spiro atoms. The lowest BCUT2D eigenvalue weighted by atomic mass is 9.92. The maximum absolute atomic E-state index is 13.4. The molecule has 0 unspecified atom stereocenters. The van der Waals surface area contributed by atoms with Crippen molar-refractivity contribution in [2.45, 2.75) is 33.6 Å². The number of halogens is 5. The van der Waals surface area contributed by atoms with Crippen molar-refractivity contribution < 1.29 is 31.5 Å². The number of rotatable bonds is 5. The Kier molecular flexibility index (Phi) is 5.31. The molecule has 0 radical (unpaired) electrons. The SMILES string of the molecule is CCC(C)(C)COC(=O)Cc1c(F)c(F)c(F)c(F)c1F. The second kappa shape index (κ2) is 6.41. The molecule has 1 rings (SSSR count). The largest absolute Gasteiger partial charge is 0.465 e. The Hall–Kier alpha value is -1.66. The predicted octanol–water partition coefficient (Wildman–Crippen LogP) is 3.90. The van der Waals surface area contributed by atoms with Gasteiger partial charge in [0.1, 0.15) is 0 Å². The van der Waals surface area contributed by atoms with Crippen LogP contribution in [0, 0.1) is 34.5 Å². The Morgan fingerprint density at radius 1 is 0.952 bits per heavy atom. The van der Waals surface area contributed by atoms with E-state index in [0.717, 1.165) is 0 Å². The molecule has 7 heteroatoms. The monoisotopic (exact) mass is 310 g/mol. The Labute approximate surface area is 118 Å². The Balaban J connectivity index is 2.92. The Morgan fingerprint density at radius 2 is 1.38 bits per heavy atom. The van der Waals surface area contributed by atoms with E-state index in [4.69, 9.17) is 4.74 Å². The van der Waals surface area contributed by atoms with Gasteiger partial charge in [0.2, 0.25) is 5.82 Å². The first-order valence-corrected chi connectivity index (χ1v) is 6.26. The molecule has 0 fully saturated rings. The molecule has 1 aromatic carbocycles. The number of hydrogen-bond donors (Lipinski definition) is 0. The molecule has 21 heavy (non-hydrogen) atoms. The molecule has 0 aliphatic carbocycles. The average molecular weight is 310 g/mol. The quantitative estimate of drug-likeness (QED) is 0.357. The van der Waals surface area contributed by atoms with E-state index in [1.165, 1.54) is 0 Å². The van der Waals surface area contributed by atoms with Gasteiger partial charge in [-0.15, -0.1) is 0 Å². The molecule has 0 heterocycles. The number of benzene rings is 1. The molecular weight excluding hydrogens is 295 g/mol. The topological polar surface area (TPSA) is 26.3 Å². The molecule has 0 aliphatic rings. The van der Waals surface area contributed by atoms with Gasteiger partial charge in [-0.25, -0.2) is 22.0 Å². The molecule has 0 saturated heterocycles. The minimum atomic E-state index is -2.26. The van der Waals surface area contributed by atoms with Gasteiger partial charge in [-0.3, -0.25) is 4.79 Å². The van der Waals surface area contributed by atoms with E-state index in [2.05, 4.69) is 0 Å². The van der Waals surface area contributed by atoms with E-state index in [9.17, 15) is 26.7 Å². The zero-order chi connectivity index (χ0) is 16.4. The van der Waals surface area contributed by atoms with Gasteiger partial charge in [-0.05, 0) is 11.8 Å². The first kappa shape index (κ1) is 17.4. The number of hydrogen-bond acceptors (Lipinski definition) is 2. The highest BCUT2D eigenvalue weighted by atomic mass is 19.2. The van der Waals surface area contributed by atoms with Crippen molar-refractivity contribution in [2.24, 2.45) is 5.41 Å². The Morgan fingerprint density at radius 3 is 1.81 bits per heavy atom. The molecule has 0 atom stereocenters. The van der Waals surface area contributed by atoms with Crippen LogP contribution in [0.15, 0.2) is 0 Å². The van der Waals surface area contributed by atoms with E-state index in [1.807, 2.05) is 6.92 Å². The fourth-order valence-corrected chi connectivity index (χ4v) is 1.38. The lowest BCUT2D eigenvalue weighted by Gasteiger charge is -2.21. The normalized spacial score (nSPS) is 11.6. The fraction of sp³-hybridized carbons (Fsp3) is 0.500. The smallest absolute Gasteiger partial charge is 0.310 e. The van der Waals surface area contributed by atoms with E-state index in [0.29, 0.717) is 6.42 Å². The summed E-state index contributed by atoms with van der Waals surface area (Å²) in [6, 6.07) is 0. The standard InChI is InChI=1S/C14H15F5O2/c1-4-14(2,3)6-21-8(20)5-7-9(15)11(17)13(19)12(18)10(7)16/h4-6H2,1-3H3. The van der Waals surface area contributed by atoms with Gasteiger partial charge < -0.3 is 4.74 Å². The summed E-state index contributed by atoms with van der Waals surface area (Å²) in [7, 11) is 0. The van der Waals surface area contributed by atoms with Crippen molar-refractivity contribution in [3.05, 3.63) is 34.6 Å². The van der Waals surface area contributed by atoms with Crippen molar-refractivity contribution in [3.63, 3.8) is 0 Å². The lowest BCUT2D eigenvalue weighted by Crippen LogP contribution is -2.22. The lowest BCUT2D eigenvalue weighted by molar-refractivity contribution is -0.146. The zero-order valence-corrected chi connectivity index (χ0v) is 11.8. The molecule has 2 nitrogen and oxygen atoms in total. The van der Waals surface area contributed by atoms with Gasteiger partial charge in [0.05, 0.1) is 13.0 Å². The number of ether oxygens (including phenoxy) is 1. The summed E-state index contributed by atoms with van der Waals surface area (Å²) in [6.07, 6.45) is -0.339. The molecule has 0 aliphatic heterocycles. The van der Waals surface area contributed by atoms with Crippen LogP contribution < -0.4 is 0 Å². The average Bonchev–Trinajstić information content (AvgIpc) is 2.45. The first-order chi connectivity index (χ1) is 9.60. The van der Waals surface area contributed by atoms with E-state index in [-0.39, 0.29) is 12.0 Å². The highest BCUT2D eigenvalue weighted by molar-refractivity contribution is 5.72. The third kappa shape index (κ3) is 3.92. The molecule has 118 valence electrons. The van der Waals surface area contributed by atoms with Gasteiger partial charge >= 0.3 is 5.97 Å². The molecule has 0 bridgehead atoms. The summed E-state index contributed by atoms with van der Waals surface area (Å²) in [5.41, 5.74) is -1.53. The summed E-state index contributed by atoms with van der Waals surface area (Å²) >= 11 is 0. The van der Waals surface area contributed by atoms with Crippen LogP contribution in [-0.2, 0) is 16.0 Å². The van der Waals surface area contributed by atoms with Gasteiger partial charge in [-0.1, -0.05) is 20.8 Å². The van der Waals surface area contributed by atoms with Crippen LogP contribution >= 0.6 is 0 Å². The third-order valence-corrected chi connectivity index (χ3v) is 3.20. The predicted molar refractivity (Wildman–Crippen MR) is 65.0 cm³/mol. The molecule has 0 N–H and O–H groups in total. The highest BCUT2D eigenvalue weighted by Gasteiger charge is 2.27. The van der Waals surface area contributed by atoms with Crippen molar-refractivity contribution in [1.82, 2.24) is 0 Å². The van der Waals surface area contributed by atoms with Gasteiger partial charge in [-0.2, -0.15) is 0 Å². The van der Waals surface area contributed by atoms with Crippen molar-refractivity contribution in [1.29, 1.82) is 0 Å². The highest BCUT2D eigenvalue weighted by Crippen LogP contribution is 2.24. The second-order valence-electron chi connectivity index (χ2n) is 5.40. The summed E-state index contributed by atoms with van der Waals surface area (Å²) in [6.45, 7) is 5.45. The Bertz CT molecular complexity index is 526.